The maximum Gasteiger partial charge on any atom is 0.122 e. The van der Waals surface area contributed by atoms with E-state index in [0.29, 0.717) is 16.6 Å². The van der Waals surface area contributed by atoms with E-state index in [1.54, 1.807) is 6.07 Å². The van der Waals surface area contributed by atoms with Gasteiger partial charge in [0.1, 0.15) is 11.9 Å². The average Bonchev–Trinajstić information content (AvgIpc) is 2.49. The Kier molecular flexibility index (Phi) is 5.77. The van der Waals surface area contributed by atoms with Crippen LogP contribution in [0.3, 0.4) is 0 Å². The van der Waals surface area contributed by atoms with Crippen molar-refractivity contribution in [2.24, 2.45) is 0 Å². The fourth-order valence-electron chi connectivity index (χ4n) is 2.00. The van der Waals surface area contributed by atoms with Gasteiger partial charge in [-0.25, -0.2) is 0 Å². The lowest BCUT2D eigenvalue weighted by Gasteiger charge is -2.20. The van der Waals surface area contributed by atoms with Crippen LogP contribution in [0.5, 0.6) is 5.75 Å². The molecular weight excluding hydrogens is 305 g/mol. The first kappa shape index (κ1) is 16.0. The molecule has 1 unspecified atom stereocenters. The highest BCUT2D eigenvalue weighted by Gasteiger charge is 2.11. The lowest BCUT2D eigenvalue weighted by molar-refractivity contribution is 0.208. The Morgan fingerprint density at radius 1 is 1.10 bits per heavy atom. The zero-order chi connectivity index (χ0) is 15.2. The van der Waals surface area contributed by atoms with Crippen LogP contribution in [0.25, 0.3) is 0 Å². The van der Waals surface area contributed by atoms with E-state index in [0.717, 1.165) is 23.4 Å². The molecule has 0 fully saturated rings. The summed E-state index contributed by atoms with van der Waals surface area (Å²) in [6, 6.07) is 13.6. The molecule has 0 aliphatic carbocycles. The van der Waals surface area contributed by atoms with Gasteiger partial charge in [0.05, 0.1) is 22.3 Å². The molecule has 0 bridgehead atoms. The van der Waals surface area contributed by atoms with Crippen molar-refractivity contribution in [3.63, 3.8) is 0 Å². The van der Waals surface area contributed by atoms with Gasteiger partial charge in [-0.3, -0.25) is 0 Å². The van der Waals surface area contributed by atoms with E-state index >= 15 is 0 Å². The van der Waals surface area contributed by atoms with E-state index in [1.165, 1.54) is 0 Å². The molecular formula is C17H19Cl2NO. The minimum Gasteiger partial charge on any atom is -0.488 e. The van der Waals surface area contributed by atoms with Gasteiger partial charge < -0.3 is 10.1 Å². The molecule has 0 spiro atoms. The quantitative estimate of drug-likeness (QED) is 0.750. The highest BCUT2D eigenvalue weighted by molar-refractivity contribution is 6.43. The summed E-state index contributed by atoms with van der Waals surface area (Å²) in [5, 5.41) is 4.40. The van der Waals surface area contributed by atoms with E-state index in [9.17, 15) is 0 Å². The third-order valence-electron chi connectivity index (χ3n) is 3.31. The maximum absolute atomic E-state index is 6.17. The van der Waals surface area contributed by atoms with Gasteiger partial charge in [0.15, 0.2) is 0 Å². The number of hydrogen-bond donors (Lipinski definition) is 1. The summed E-state index contributed by atoms with van der Waals surface area (Å²) >= 11 is 12.2. The number of aryl methyl sites for hydroxylation is 1. The van der Waals surface area contributed by atoms with Gasteiger partial charge in [-0.15, -0.1) is 0 Å². The summed E-state index contributed by atoms with van der Waals surface area (Å²) in [4.78, 5) is 0. The van der Waals surface area contributed by atoms with Gasteiger partial charge in [0.25, 0.3) is 0 Å². The number of hydrogen-bond acceptors (Lipinski definition) is 2. The lowest BCUT2D eigenvalue weighted by atomic mass is 10.2. The number of nitrogens with one attached hydrogen (secondary N) is 1. The predicted octanol–water partition coefficient (Wildman–Crippen LogP) is 5.57. The van der Waals surface area contributed by atoms with E-state index < -0.39 is 0 Å². The van der Waals surface area contributed by atoms with Crippen LogP contribution < -0.4 is 10.1 Å². The summed E-state index contributed by atoms with van der Waals surface area (Å²) in [6.07, 6.45) is 0.973. The molecule has 2 rings (SSSR count). The fraction of sp³-hybridized carbons (Fsp3) is 0.294. The highest BCUT2D eigenvalue weighted by Crippen LogP contribution is 2.29. The second-order valence-corrected chi connectivity index (χ2v) is 5.68. The van der Waals surface area contributed by atoms with Crippen LogP contribution >= 0.6 is 23.2 Å². The van der Waals surface area contributed by atoms with Crippen molar-refractivity contribution < 1.29 is 4.74 Å². The SMILES string of the molecule is CCC(CNc1cccc(Cl)c1Cl)Oc1ccccc1C. The monoisotopic (exact) mass is 323 g/mol. The third-order valence-corrected chi connectivity index (χ3v) is 4.13. The van der Waals surface area contributed by atoms with Crippen LogP contribution in [0.15, 0.2) is 42.5 Å². The van der Waals surface area contributed by atoms with Gasteiger partial charge in [-0.1, -0.05) is 54.4 Å². The summed E-state index contributed by atoms with van der Waals surface area (Å²) in [5.41, 5.74) is 1.97. The summed E-state index contributed by atoms with van der Waals surface area (Å²) in [6.45, 7) is 4.82. The molecule has 0 aliphatic rings. The molecule has 4 heteroatoms. The zero-order valence-electron chi connectivity index (χ0n) is 12.2. The second kappa shape index (κ2) is 7.58. The second-order valence-electron chi connectivity index (χ2n) is 4.90. The molecule has 0 aromatic heterocycles. The molecule has 0 amide bonds. The van der Waals surface area contributed by atoms with Crippen LogP contribution in [-0.4, -0.2) is 12.6 Å². The van der Waals surface area contributed by atoms with Crippen LogP contribution in [0, 0.1) is 6.92 Å². The van der Waals surface area contributed by atoms with Crippen LogP contribution in [-0.2, 0) is 0 Å². The molecule has 1 N–H and O–H groups in total. The highest BCUT2D eigenvalue weighted by atomic mass is 35.5. The summed E-state index contributed by atoms with van der Waals surface area (Å²) < 4.78 is 6.05. The number of halogens is 2. The minimum atomic E-state index is 0.0705. The van der Waals surface area contributed by atoms with Gasteiger partial charge >= 0.3 is 0 Å². The van der Waals surface area contributed by atoms with Crippen molar-refractivity contribution in [1.29, 1.82) is 0 Å². The Balaban J connectivity index is 2.00. The maximum atomic E-state index is 6.17. The van der Waals surface area contributed by atoms with Gasteiger partial charge in [0.2, 0.25) is 0 Å². The first-order valence-corrected chi connectivity index (χ1v) is 7.77. The summed E-state index contributed by atoms with van der Waals surface area (Å²) in [7, 11) is 0. The van der Waals surface area contributed by atoms with E-state index in [2.05, 4.69) is 12.2 Å². The molecule has 2 aromatic rings. The van der Waals surface area contributed by atoms with Gasteiger partial charge in [-0.05, 0) is 37.1 Å². The predicted molar refractivity (Wildman–Crippen MR) is 90.8 cm³/mol. The number of benzene rings is 2. The van der Waals surface area contributed by atoms with Crippen LogP contribution in [0.1, 0.15) is 18.9 Å². The Morgan fingerprint density at radius 2 is 1.86 bits per heavy atom. The fourth-order valence-corrected chi connectivity index (χ4v) is 2.37. The third kappa shape index (κ3) is 4.29. The first-order valence-electron chi connectivity index (χ1n) is 7.02. The molecule has 2 aromatic carbocycles. The first-order chi connectivity index (χ1) is 10.1. The standard InChI is InChI=1S/C17H19Cl2NO/c1-3-13(21-16-10-5-4-7-12(16)2)11-20-15-9-6-8-14(18)17(15)19/h4-10,13,20H,3,11H2,1-2H3. The summed E-state index contributed by atoms with van der Waals surface area (Å²) in [5.74, 6) is 0.920. The Bertz CT molecular complexity index is 601. The Labute approximate surface area is 136 Å². The van der Waals surface area contributed by atoms with Crippen molar-refractivity contribution >= 4 is 28.9 Å². The molecule has 1 atom stereocenters. The number of rotatable bonds is 6. The smallest absolute Gasteiger partial charge is 0.122 e. The molecule has 0 radical (unpaired) electrons. The van der Waals surface area contributed by atoms with E-state index in [-0.39, 0.29) is 6.10 Å². The van der Waals surface area contributed by atoms with Crippen molar-refractivity contribution in [2.45, 2.75) is 26.4 Å². The molecule has 0 saturated carbocycles. The van der Waals surface area contributed by atoms with Gasteiger partial charge in [0, 0.05) is 0 Å². The molecule has 0 saturated heterocycles. The largest absolute Gasteiger partial charge is 0.488 e. The van der Waals surface area contributed by atoms with Crippen molar-refractivity contribution in [1.82, 2.24) is 0 Å². The van der Waals surface area contributed by atoms with E-state index in [1.807, 2.05) is 43.3 Å². The molecule has 0 heterocycles. The van der Waals surface area contributed by atoms with E-state index in [4.69, 9.17) is 27.9 Å². The average molecular weight is 324 g/mol. The normalized spacial score (nSPS) is 12.0. The number of anilines is 1. The minimum absolute atomic E-state index is 0.0705. The Hall–Kier alpha value is -1.38. The topological polar surface area (TPSA) is 21.3 Å². The molecule has 112 valence electrons. The number of ether oxygens (including phenoxy) is 1. The Morgan fingerprint density at radius 3 is 2.57 bits per heavy atom. The lowest BCUT2D eigenvalue weighted by Crippen LogP contribution is -2.25. The van der Waals surface area contributed by atoms with Crippen molar-refractivity contribution in [3.05, 3.63) is 58.1 Å². The zero-order valence-corrected chi connectivity index (χ0v) is 13.7. The molecule has 2 nitrogen and oxygen atoms in total. The molecule has 21 heavy (non-hydrogen) atoms. The number of para-hydroxylation sites is 1. The van der Waals surface area contributed by atoms with Crippen LogP contribution in [0.4, 0.5) is 5.69 Å². The van der Waals surface area contributed by atoms with Gasteiger partial charge in [-0.2, -0.15) is 0 Å². The van der Waals surface area contributed by atoms with Crippen molar-refractivity contribution in [2.75, 3.05) is 11.9 Å². The van der Waals surface area contributed by atoms with Crippen molar-refractivity contribution in [3.8, 4) is 5.75 Å². The molecule has 0 aliphatic heterocycles. The van der Waals surface area contributed by atoms with Crippen LogP contribution in [0.2, 0.25) is 10.0 Å².